The molecule has 3 rings (SSSR count). The van der Waals surface area contributed by atoms with E-state index in [1.807, 2.05) is 0 Å². The second-order valence-electron chi connectivity index (χ2n) is 4.25. The van der Waals surface area contributed by atoms with Crippen LogP contribution in [0.25, 0.3) is 11.0 Å². The zero-order valence-corrected chi connectivity index (χ0v) is 12.5. The SMILES string of the molecule is O=C(Nc1c(Cl)cc(Cl)c2nsnc12)C1COCCN1. The van der Waals surface area contributed by atoms with Crippen LogP contribution in [0.3, 0.4) is 0 Å². The lowest BCUT2D eigenvalue weighted by molar-refractivity contribution is -0.120. The third kappa shape index (κ3) is 2.59. The van der Waals surface area contributed by atoms with E-state index in [9.17, 15) is 4.79 Å². The van der Waals surface area contributed by atoms with Crippen LogP contribution in [0.4, 0.5) is 5.69 Å². The van der Waals surface area contributed by atoms with Crippen molar-refractivity contribution in [2.75, 3.05) is 25.1 Å². The molecule has 2 N–H and O–H groups in total. The van der Waals surface area contributed by atoms with Gasteiger partial charge in [0.25, 0.3) is 0 Å². The van der Waals surface area contributed by atoms with Crippen molar-refractivity contribution in [2.24, 2.45) is 0 Å². The number of fused-ring (bicyclic) bond motifs is 1. The molecule has 1 unspecified atom stereocenters. The van der Waals surface area contributed by atoms with Crippen LogP contribution in [-0.4, -0.2) is 40.5 Å². The average molecular weight is 333 g/mol. The minimum absolute atomic E-state index is 0.219. The van der Waals surface area contributed by atoms with E-state index in [0.29, 0.717) is 46.5 Å². The molecule has 1 aromatic carbocycles. The molecule has 0 spiro atoms. The van der Waals surface area contributed by atoms with Gasteiger partial charge in [0.05, 0.1) is 40.7 Å². The van der Waals surface area contributed by atoms with Gasteiger partial charge in [0, 0.05) is 6.54 Å². The summed E-state index contributed by atoms with van der Waals surface area (Å²) in [6.45, 7) is 1.57. The lowest BCUT2D eigenvalue weighted by Crippen LogP contribution is -2.48. The van der Waals surface area contributed by atoms with Gasteiger partial charge >= 0.3 is 0 Å². The van der Waals surface area contributed by atoms with Gasteiger partial charge in [0.1, 0.15) is 17.1 Å². The number of benzene rings is 1. The number of amides is 1. The van der Waals surface area contributed by atoms with Crippen LogP contribution in [-0.2, 0) is 9.53 Å². The van der Waals surface area contributed by atoms with Gasteiger partial charge in [-0.15, -0.1) is 0 Å². The highest BCUT2D eigenvalue weighted by atomic mass is 35.5. The maximum atomic E-state index is 12.2. The zero-order valence-electron chi connectivity index (χ0n) is 10.2. The first-order valence-electron chi connectivity index (χ1n) is 5.89. The monoisotopic (exact) mass is 332 g/mol. The molecule has 1 atom stereocenters. The number of aromatic nitrogens is 2. The maximum absolute atomic E-state index is 12.2. The number of nitrogens with zero attached hydrogens (tertiary/aromatic N) is 2. The van der Waals surface area contributed by atoms with Gasteiger partial charge in [-0.25, -0.2) is 0 Å². The first kappa shape index (κ1) is 14.0. The maximum Gasteiger partial charge on any atom is 0.244 e. The van der Waals surface area contributed by atoms with Crippen LogP contribution in [0, 0.1) is 0 Å². The first-order valence-corrected chi connectivity index (χ1v) is 7.37. The topological polar surface area (TPSA) is 76.1 Å². The summed E-state index contributed by atoms with van der Waals surface area (Å²) in [6, 6.07) is 1.14. The van der Waals surface area contributed by atoms with Gasteiger partial charge in [0.2, 0.25) is 5.91 Å². The van der Waals surface area contributed by atoms with Gasteiger partial charge in [0.15, 0.2) is 0 Å². The van der Waals surface area contributed by atoms with E-state index in [-0.39, 0.29) is 5.91 Å². The summed E-state index contributed by atoms with van der Waals surface area (Å²) >= 11 is 13.2. The van der Waals surface area contributed by atoms with Gasteiger partial charge in [-0.1, -0.05) is 23.2 Å². The normalized spacial score (nSPS) is 19.2. The quantitative estimate of drug-likeness (QED) is 0.878. The summed E-state index contributed by atoms with van der Waals surface area (Å²) in [5.41, 5.74) is 1.46. The molecule has 20 heavy (non-hydrogen) atoms. The summed E-state index contributed by atoms with van der Waals surface area (Å²) in [4.78, 5) is 12.2. The molecule has 2 aromatic rings. The summed E-state index contributed by atoms with van der Waals surface area (Å²) in [5, 5.41) is 6.59. The highest BCUT2D eigenvalue weighted by Gasteiger charge is 2.23. The van der Waals surface area contributed by atoms with E-state index < -0.39 is 6.04 Å². The highest BCUT2D eigenvalue weighted by Crippen LogP contribution is 2.35. The Balaban J connectivity index is 1.90. The van der Waals surface area contributed by atoms with Crippen molar-refractivity contribution in [1.29, 1.82) is 0 Å². The number of carbonyl (C=O) groups is 1. The number of anilines is 1. The highest BCUT2D eigenvalue weighted by molar-refractivity contribution is 7.00. The Morgan fingerprint density at radius 3 is 2.95 bits per heavy atom. The van der Waals surface area contributed by atoms with Crippen LogP contribution in [0.15, 0.2) is 6.07 Å². The Morgan fingerprint density at radius 2 is 2.20 bits per heavy atom. The third-order valence-corrected chi connectivity index (χ3v) is 4.04. The predicted octanol–water partition coefficient (Wildman–Crippen LogP) is 1.92. The summed E-state index contributed by atoms with van der Waals surface area (Å²) in [7, 11) is 0. The number of hydrogen-bond donors (Lipinski definition) is 2. The molecular formula is C11H10Cl2N4O2S. The molecule has 106 valence electrons. The van der Waals surface area contributed by atoms with Crippen LogP contribution in [0.5, 0.6) is 0 Å². The number of hydrogen-bond acceptors (Lipinski definition) is 6. The average Bonchev–Trinajstić information content (AvgIpc) is 2.94. The third-order valence-electron chi connectivity index (χ3n) is 2.93. The fraction of sp³-hybridized carbons (Fsp3) is 0.364. The van der Waals surface area contributed by atoms with Crippen molar-refractivity contribution in [3.63, 3.8) is 0 Å². The molecule has 0 aliphatic carbocycles. The van der Waals surface area contributed by atoms with Crippen LogP contribution in [0.2, 0.25) is 10.0 Å². The number of carbonyl (C=O) groups excluding carboxylic acids is 1. The molecule has 1 fully saturated rings. The molecule has 1 aliphatic heterocycles. The molecule has 2 heterocycles. The van der Waals surface area contributed by atoms with E-state index in [0.717, 1.165) is 11.7 Å². The van der Waals surface area contributed by atoms with Crippen molar-refractivity contribution < 1.29 is 9.53 Å². The standard InChI is InChI=1S/C11H10Cl2N4O2S/c12-5-3-6(13)9-10(17-20-16-9)8(5)15-11(18)7-4-19-2-1-14-7/h3,7,14H,1-2,4H2,(H,15,18). The van der Waals surface area contributed by atoms with Gasteiger partial charge in [-0.3, -0.25) is 4.79 Å². The molecule has 9 heteroatoms. The van der Waals surface area contributed by atoms with Crippen molar-refractivity contribution in [3.05, 3.63) is 16.1 Å². The Morgan fingerprint density at radius 1 is 1.40 bits per heavy atom. The van der Waals surface area contributed by atoms with Crippen molar-refractivity contribution in [3.8, 4) is 0 Å². The summed E-state index contributed by atoms with van der Waals surface area (Å²) < 4.78 is 13.5. The molecule has 1 aliphatic rings. The van der Waals surface area contributed by atoms with E-state index in [4.69, 9.17) is 27.9 Å². The smallest absolute Gasteiger partial charge is 0.244 e. The largest absolute Gasteiger partial charge is 0.378 e. The van der Waals surface area contributed by atoms with Crippen LogP contribution >= 0.6 is 34.9 Å². The van der Waals surface area contributed by atoms with Crippen molar-refractivity contribution >= 4 is 57.6 Å². The van der Waals surface area contributed by atoms with Crippen LogP contribution in [0.1, 0.15) is 0 Å². The Kier molecular flexibility index (Phi) is 4.04. The number of halogens is 2. The van der Waals surface area contributed by atoms with Crippen LogP contribution < -0.4 is 10.6 Å². The van der Waals surface area contributed by atoms with Gasteiger partial charge in [-0.05, 0) is 6.07 Å². The van der Waals surface area contributed by atoms with Gasteiger partial charge in [-0.2, -0.15) is 8.75 Å². The molecule has 0 saturated carbocycles. The fourth-order valence-corrected chi connectivity index (χ4v) is 3.10. The van der Waals surface area contributed by atoms with E-state index in [1.165, 1.54) is 0 Å². The Labute approximate surface area is 128 Å². The molecule has 1 saturated heterocycles. The lowest BCUT2D eigenvalue weighted by atomic mass is 10.2. The Bertz CT molecular complexity index is 657. The predicted molar refractivity (Wildman–Crippen MR) is 78.7 cm³/mol. The molecule has 6 nitrogen and oxygen atoms in total. The molecule has 1 aromatic heterocycles. The lowest BCUT2D eigenvalue weighted by Gasteiger charge is -2.23. The van der Waals surface area contributed by atoms with E-state index >= 15 is 0 Å². The minimum atomic E-state index is -0.405. The van der Waals surface area contributed by atoms with Gasteiger partial charge < -0.3 is 15.4 Å². The number of nitrogens with one attached hydrogen (secondary N) is 2. The fourth-order valence-electron chi connectivity index (χ4n) is 1.94. The summed E-state index contributed by atoms with van der Waals surface area (Å²) in [5.74, 6) is -0.219. The minimum Gasteiger partial charge on any atom is -0.378 e. The Hall–Kier alpha value is -0.990. The molecule has 0 bridgehead atoms. The second-order valence-corrected chi connectivity index (χ2v) is 5.59. The molecule has 1 amide bonds. The van der Waals surface area contributed by atoms with E-state index in [1.54, 1.807) is 6.07 Å². The molecular weight excluding hydrogens is 323 g/mol. The number of ether oxygens (including phenoxy) is 1. The zero-order chi connectivity index (χ0) is 14.1. The molecule has 0 radical (unpaired) electrons. The van der Waals surface area contributed by atoms with Crippen molar-refractivity contribution in [1.82, 2.24) is 14.1 Å². The summed E-state index contributed by atoms with van der Waals surface area (Å²) in [6.07, 6.45) is 0. The second kappa shape index (κ2) is 5.79. The van der Waals surface area contributed by atoms with E-state index in [2.05, 4.69) is 19.4 Å². The first-order chi connectivity index (χ1) is 9.66. The number of morpholine rings is 1. The number of rotatable bonds is 2. The van der Waals surface area contributed by atoms with Crippen molar-refractivity contribution in [2.45, 2.75) is 6.04 Å².